The number of amides is 1. The number of anilines is 1. The van der Waals surface area contributed by atoms with Crippen LogP contribution in [0, 0.1) is 5.92 Å². The summed E-state index contributed by atoms with van der Waals surface area (Å²) in [7, 11) is 0. The molecule has 0 bridgehead atoms. The fourth-order valence-corrected chi connectivity index (χ4v) is 4.57. The van der Waals surface area contributed by atoms with Crippen molar-refractivity contribution >= 4 is 33.3 Å². The number of fused-ring (bicyclic) bond motifs is 1. The van der Waals surface area contributed by atoms with Gasteiger partial charge in [0.2, 0.25) is 5.91 Å². The highest BCUT2D eigenvalue weighted by Gasteiger charge is 2.26. The highest BCUT2D eigenvalue weighted by atomic mass is 32.1. The maximum atomic E-state index is 11.6. The average molecular weight is 382 g/mol. The van der Waals surface area contributed by atoms with E-state index >= 15 is 0 Å². The minimum Gasteiger partial charge on any atom is -0.381 e. The van der Waals surface area contributed by atoms with Crippen LogP contribution in [0.4, 0.5) is 5.82 Å². The molecule has 0 radical (unpaired) electrons. The molecule has 3 heterocycles. The molecule has 27 heavy (non-hydrogen) atoms. The third kappa shape index (κ3) is 4.09. The van der Waals surface area contributed by atoms with Crippen LogP contribution in [0.5, 0.6) is 0 Å². The van der Waals surface area contributed by atoms with Crippen LogP contribution in [0.2, 0.25) is 0 Å². The first-order valence-electron chi connectivity index (χ1n) is 9.13. The summed E-state index contributed by atoms with van der Waals surface area (Å²) in [6, 6.07) is 12.3. The van der Waals surface area contributed by atoms with E-state index in [0.29, 0.717) is 5.92 Å². The number of benzene rings is 1. The molecule has 1 fully saturated rings. The third-order valence-corrected chi connectivity index (χ3v) is 6.06. The topological polar surface area (TPSA) is 90.1 Å². The lowest BCUT2D eigenvalue weighted by Gasteiger charge is -2.30. The smallest absolute Gasteiger partial charge is 0.219 e. The van der Waals surface area contributed by atoms with Crippen molar-refractivity contribution in [1.82, 2.24) is 9.97 Å². The molecule has 2 aromatic heterocycles. The number of nitrogens with one attached hydrogen (secondary N) is 1. The first-order chi connectivity index (χ1) is 13.2. The van der Waals surface area contributed by atoms with Crippen molar-refractivity contribution in [1.29, 1.82) is 0 Å². The molecule has 0 spiro atoms. The minimum atomic E-state index is -0.306. The van der Waals surface area contributed by atoms with Gasteiger partial charge in [0.1, 0.15) is 17.0 Å². The molecule has 1 aliphatic rings. The highest BCUT2D eigenvalue weighted by Crippen LogP contribution is 2.35. The summed E-state index contributed by atoms with van der Waals surface area (Å²) in [4.78, 5) is 22.6. The maximum Gasteiger partial charge on any atom is 0.219 e. The lowest BCUT2D eigenvalue weighted by molar-refractivity contribution is -0.118. The first kappa shape index (κ1) is 17.9. The van der Waals surface area contributed by atoms with Gasteiger partial charge in [0.05, 0.1) is 5.39 Å². The zero-order valence-electron chi connectivity index (χ0n) is 14.9. The van der Waals surface area contributed by atoms with Crippen LogP contribution < -0.4 is 11.1 Å². The van der Waals surface area contributed by atoms with Gasteiger partial charge in [0.25, 0.3) is 0 Å². The summed E-state index contributed by atoms with van der Waals surface area (Å²) in [6.45, 7) is 1.44. The van der Waals surface area contributed by atoms with Gasteiger partial charge in [-0.1, -0.05) is 30.3 Å². The standard InChI is InChI=1S/C20H22N4O2S/c21-18(25)11-16(13-6-8-26-9-7-13)24-19-15-10-17(14-4-2-1-3-5-14)27-20(15)23-12-22-19/h1-5,10,12-13,16H,6-9,11H2,(H2,21,25)(H,22,23,24)/t16-/m0/s1. The van der Waals surface area contributed by atoms with Crippen molar-refractivity contribution in [3.63, 3.8) is 0 Å². The molecule has 1 amide bonds. The maximum absolute atomic E-state index is 11.6. The zero-order valence-corrected chi connectivity index (χ0v) is 15.7. The molecule has 3 aromatic rings. The molecule has 1 atom stereocenters. The number of hydrogen-bond donors (Lipinski definition) is 2. The number of nitrogens with two attached hydrogens (primary N) is 1. The van der Waals surface area contributed by atoms with Crippen molar-refractivity contribution in [3.05, 3.63) is 42.7 Å². The Morgan fingerprint density at radius 3 is 2.78 bits per heavy atom. The van der Waals surface area contributed by atoms with E-state index in [1.165, 1.54) is 0 Å². The van der Waals surface area contributed by atoms with E-state index in [0.717, 1.165) is 52.5 Å². The fourth-order valence-electron chi connectivity index (χ4n) is 3.56. The van der Waals surface area contributed by atoms with Gasteiger partial charge in [0.15, 0.2) is 0 Å². The molecule has 3 N–H and O–H groups in total. The van der Waals surface area contributed by atoms with Crippen LogP contribution in [-0.4, -0.2) is 35.1 Å². The Labute approximate surface area is 161 Å². The fraction of sp³-hybridized carbons (Fsp3) is 0.350. The number of carbonyl (C=O) groups excluding carboxylic acids is 1. The molecule has 7 heteroatoms. The number of primary amides is 1. The largest absolute Gasteiger partial charge is 0.381 e. The first-order valence-corrected chi connectivity index (χ1v) is 9.95. The second kappa shape index (κ2) is 8.02. The Morgan fingerprint density at radius 1 is 1.26 bits per heavy atom. The van der Waals surface area contributed by atoms with Crippen molar-refractivity contribution in [2.45, 2.75) is 25.3 Å². The van der Waals surface area contributed by atoms with E-state index < -0.39 is 0 Å². The Morgan fingerprint density at radius 2 is 2.04 bits per heavy atom. The number of thiophene rings is 1. The predicted molar refractivity (Wildman–Crippen MR) is 108 cm³/mol. The van der Waals surface area contributed by atoms with Gasteiger partial charge in [-0.25, -0.2) is 9.97 Å². The molecule has 1 aliphatic heterocycles. The van der Waals surface area contributed by atoms with Gasteiger partial charge in [0, 0.05) is 30.6 Å². The van der Waals surface area contributed by atoms with Crippen LogP contribution in [0.3, 0.4) is 0 Å². The highest BCUT2D eigenvalue weighted by molar-refractivity contribution is 7.21. The average Bonchev–Trinajstić information content (AvgIpc) is 3.14. The number of nitrogens with zero attached hydrogens (tertiary/aromatic N) is 2. The molecule has 6 nitrogen and oxygen atoms in total. The van der Waals surface area contributed by atoms with E-state index in [2.05, 4.69) is 33.5 Å². The Balaban J connectivity index is 1.65. The van der Waals surface area contributed by atoms with Crippen molar-refractivity contribution in [2.75, 3.05) is 18.5 Å². The molecule has 1 aromatic carbocycles. The van der Waals surface area contributed by atoms with Crippen molar-refractivity contribution < 1.29 is 9.53 Å². The predicted octanol–water partition coefficient (Wildman–Crippen LogP) is 3.44. The van der Waals surface area contributed by atoms with E-state index in [-0.39, 0.29) is 18.4 Å². The van der Waals surface area contributed by atoms with Gasteiger partial charge < -0.3 is 15.8 Å². The van der Waals surface area contributed by atoms with Crippen LogP contribution in [-0.2, 0) is 9.53 Å². The number of ether oxygens (including phenoxy) is 1. The minimum absolute atomic E-state index is 0.0513. The van der Waals surface area contributed by atoms with E-state index in [1.807, 2.05) is 18.2 Å². The molecule has 140 valence electrons. The number of hydrogen-bond acceptors (Lipinski definition) is 6. The number of rotatable bonds is 6. The lowest BCUT2D eigenvalue weighted by Crippen LogP contribution is -2.37. The molecule has 0 unspecified atom stereocenters. The van der Waals surface area contributed by atoms with Crippen LogP contribution in [0.25, 0.3) is 20.7 Å². The Kier molecular flexibility index (Phi) is 5.31. The lowest BCUT2D eigenvalue weighted by atomic mass is 9.89. The normalized spacial score (nSPS) is 16.3. The second-order valence-electron chi connectivity index (χ2n) is 6.79. The van der Waals surface area contributed by atoms with E-state index in [4.69, 9.17) is 10.5 Å². The van der Waals surface area contributed by atoms with Crippen LogP contribution in [0.1, 0.15) is 19.3 Å². The Bertz CT molecular complexity index is 922. The summed E-state index contributed by atoms with van der Waals surface area (Å²) in [5.41, 5.74) is 6.66. The quantitative estimate of drug-likeness (QED) is 0.681. The SMILES string of the molecule is NC(=O)C[C@H](Nc1ncnc2sc(-c3ccccc3)cc12)C1CCOCC1. The molecule has 4 rings (SSSR count). The van der Waals surface area contributed by atoms with Gasteiger partial charge in [-0.2, -0.15) is 0 Å². The molecular formula is C20H22N4O2S. The van der Waals surface area contributed by atoms with E-state index in [9.17, 15) is 4.79 Å². The molecule has 1 saturated heterocycles. The van der Waals surface area contributed by atoms with Gasteiger partial charge in [-0.05, 0) is 30.4 Å². The van der Waals surface area contributed by atoms with Gasteiger partial charge in [-0.15, -0.1) is 11.3 Å². The van der Waals surface area contributed by atoms with Crippen molar-refractivity contribution in [2.24, 2.45) is 11.7 Å². The van der Waals surface area contributed by atoms with Gasteiger partial charge in [-0.3, -0.25) is 4.79 Å². The van der Waals surface area contributed by atoms with Gasteiger partial charge >= 0.3 is 0 Å². The molecular weight excluding hydrogens is 360 g/mol. The number of carbonyl (C=O) groups is 1. The van der Waals surface area contributed by atoms with Crippen molar-refractivity contribution in [3.8, 4) is 10.4 Å². The summed E-state index contributed by atoms with van der Waals surface area (Å²) < 4.78 is 5.46. The summed E-state index contributed by atoms with van der Waals surface area (Å²) in [5.74, 6) is 0.791. The Hall–Kier alpha value is -2.51. The number of aromatic nitrogens is 2. The second-order valence-corrected chi connectivity index (χ2v) is 7.82. The summed E-state index contributed by atoms with van der Waals surface area (Å²) >= 11 is 1.64. The van der Waals surface area contributed by atoms with Crippen LogP contribution in [0.15, 0.2) is 42.7 Å². The summed E-state index contributed by atoms with van der Waals surface area (Å²) in [5, 5.41) is 4.46. The third-order valence-electron chi connectivity index (χ3n) is 4.97. The van der Waals surface area contributed by atoms with Crippen LogP contribution >= 0.6 is 11.3 Å². The molecule has 0 saturated carbocycles. The van der Waals surface area contributed by atoms with E-state index in [1.54, 1.807) is 17.7 Å². The monoisotopic (exact) mass is 382 g/mol. The molecule has 0 aliphatic carbocycles. The zero-order chi connectivity index (χ0) is 18.6. The summed E-state index contributed by atoms with van der Waals surface area (Å²) in [6.07, 6.45) is 3.68.